The molecule has 0 aliphatic carbocycles. The van der Waals surface area contributed by atoms with E-state index >= 15 is 0 Å². The quantitative estimate of drug-likeness (QED) is 0.941. The average Bonchev–Trinajstić information content (AvgIpc) is 2.99. The lowest BCUT2D eigenvalue weighted by Crippen LogP contribution is -2.21. The Morgan fingerprint density at radius 2 is 2.05 bits per heavy atom. The molecule has 1 aliphatic rings. The first-order valence-corrected chi connectivity index (χ1v) is 7.53. The second kappa shape index (κ2) is 6.26. The van der Waals surface area contributed by atoms with Crippen LogP contribution >= 0.6 is 11.6 Å². The van der Waals surface area contributed by atoms with Gasteiger partial charge in [-0.25, -0.2) is 15.0 Å². The summed E-state index contributed by atoms with van der Waals surface area (Å²) in [5.41, 5.74) is 1.95. The van der Waals surface area contributed by atoms with Crippen LogP contribution in [-0.2, 0) is 6.54 Å². The van der Waals surface area contributed by atoms with Gasteiger partial charge in [0.2, 0.25) is 5.95 Å². The Labute approximate surface area is 129 Å². The zero-order chi connectivity index (χ0) is 14.7. The van der Waals surface area contributed by atoms with Gasteiger partial charge in [0.05, 0.1) is 12.2 Å². The average molecular weight is 304 g/mol. The minimum Gasteiger partial charge on any atom is -0.364 e. The maximum absolute atomic E-state index is 5.95. The number of anilines is 2. The molecular formula is C15H18ClN5. The Balaban J connectivity index is 1.72. The molecule has 3 rings (SSSR count). The van der Waals surface area contributed by atoms with Crippen LogP contribution in [0.25, 0.3) is 0 Å². The summed E-state index contributed by atoms with van der Waals surface area (Å²) in [5, 5.41) is 3.91. The van der Waals surface area contributed by atoms with Crippen molar-refractivity contribution in [3.05, 3.63) is 40.8 Å². The van der Waals surface area contributed by atoms with Crippen LogP contribution < -0.4 is 10.2 Å². The molecule has 0 aromatic carbocycles. The standard InChI is InChI=1S/C15H18ClN5/c1-11-8-13(10-18-14-9-12(16)4-5-17-14)20-15(19-11)21-6-2-3-7-21/h4-5,8-9H,2-3,6-7,10H2,1H3,(H,17,18). The maximum Gasteiger partial charge on any atom is 0.225 e. The highest BCUT2D eigenvalue weighted by Gasteiger charge is 2.15. The number of hydrogen-bond donors (Lipinski definition) is 1. The Hall–Kier alpha value is -1.88. The minimum atomic E-state index is 0.609. The molecular weight excluding hydrogens is 286 g/mol. The number of hydrogen-bond acceptors (Lipinski definition) is 5. The highest BCUT2D eigenvalue weighted by atomic mass is 35.5. The van der Waals surface area contributed by atoms with Crippen LogP contribution in [0.1, 0.15) is 24.2 Å². The number of nitrogens with one attached hydrogen (secondary N) is 1. The fourth-order valence-electron chi connectivity index (χ4n) is 2.45. The monoisotopic (exact) mass is 303 g/mol. The zero-order valence-corrected chi connectivity index (χ0v) is 12.8. The van der Waals surface area contributed by atoms with E-state index in [9.17, 15) is 0 Å². The second-order valence-electron chi connectivity index (χ2n) is 5.21. The highest BCUT2D eigenvalue weighted by molar-refractivity contribution is 6.30. The number of pyridine rings is 1. The van der Waals surface area contributed by atoms with Gasteiger partial charge in [0.25, 0.3) is 0 Å². The Kier molecular flexibility index (Phi) is 4.20. The van der Waals surface area contributed by atoms with E-state index in [1.807, 2.05) is 13.0 Å². The fourth-order valence-corrected chi connectivity index (χ4v) is 2.61. The molecule has 0 spiro atoms. The van der Waals surface area contributed by atoms with Crippen molar-refractivity contribution in [2.75, 3.05) is 23.3 Å². The lowest BCUT2D eigenvalue weighted by atomic mass is 10.3. The number of rotatable bonds is 4. The van der Waals surface area contributed by atoms with Gasteiger partial charge in [-0.1, -0.05) is 11.6 Å². The summed E-state index contributed by atoms with van der Waals surface area (Å²) in [5.74, 6) is 1.59. The summed E-state index contributed by atoms with van der Waals surface area (Å²) >= 11 is 5.95. The number of nitrogens with zero attached hydrogens (tertiary/aromatic N) is 4. The summed E-state index contributed by atoms with van der Waals surface area (Å²) in [6, 6.07) is 5.56. The lowest BCUT2D eigenvalue weighted by Gasteiger charge is -2.16. The van der Waals surface area contributed by atoms with E-state index in [0.717, 1.165) is 36.2 Å². The molecule has 0 radical (unpaired) electrons. The van der Waals surface area contributed by atoms with Crippen LogP contribution in [0.3, 0.4) is 0 Å². The van der Waals surface area contributed by atoms with E-state index in [0.29, 0.717) is 11.6 Å². The molecule has 6 heteroatoms. The molecule has 2 aromatic heterocycles. The molecule has 1 fully saturated rings. The topological polar surface area (TPSA) is 53.9 Å². The van der Waals surface area contributed by atoms with Crippen molar-refractivity contribution in [2.24, 2.45) is 0 Å². The molecule has 5 nitrogen and oxygen atoms in total. The number of aryl methyl sites for hydroxylation is 1. The molecule has 0 saturated carbocycles. The predicted octanol–water partition coefficient (Wildman–Crippen LogP) is 3.05. The van der Waals surface area contributed by atoms with Crippen LogP contribution in [0.2, 0.25) is 5.02 Å². The molecule has 0 unspecified atom stereocenters. The summed E-state index contributed by atoms with van der Waals surface area (Å²) in [6.45, 7) is 4.71. The zero-order valence-electron chi connectivity index (χ0n) is 12.0. The van der Waals surface area contributed by atoms with E-state index in [1.54, 1.807) is 18.3 Å². The van der Waals surface area contributed by atoms with E-state index < -0.39 is 0 Å². The third-order valence-corrected chi connectivity index (χ3v) is 3.69. The van der Waals surface area contributed by atoms with Gasteiger partial charge in [0.15, 0.2) is 0 Å². The number of aromatic nitrogens is 3. The van der Waals surface area contributed by atoms with Gasteiger partial charge in [-0.3, -0.25) is 0 Å². The van der Waals surface area contributed by atoms with E-state index in [1.165, 1.54) is 12.8 Å². The highest BCUT2D eigenvalue weighted by Crippen LogP contribution is 2.17. The molecule has 0 atom stereocenters. The molecule has 21 heavy (non-hydrogen) atoms. The second-order valence-corrected chi connectivity index (χ2v) is 5.64. The minimum absolute atomic E-state index is 0.609. The first-order chi connectivity index (χ1) is 10.2. The van der Waals surface area contributed by atoms with E-state index in [2.05, 4.69) is 25.2 Å². The van der Waals surface area contributed by atoms with Crippen molar-refractivity contribution < 1.29 is 0 Å². The molecule has 3 heterocycles. The largest absolute Gasteiger partial charge is 0.364 e. The van der Waals surface area contributed by atoms with Crippen molar-refractivity contribution in [3.8, 4) is 0 Å². The van der Waals surface area contributed by atoms with Gasteiger partial charge in [-0.2, -0.15) is 0 Å². The third-order valence-electron chi connectivity index (χ3n) is 3.46. The summed E-state index contributed by atoms with van der Waals surface area (Å²) < 4.78 is 0. The van der Waals surface area contributed by atoms with Crippen molar-refractivity contribution in [2.45, 2.75) is 26.3 Å². The van der Waals surface area contributed by atoms with Crippen LogP contribution in [-0.4, -0.2) is 28.0 Å². The van der Waals surface area contributed by atoms with E-state index in [4.69, 9.17) is 11.6 Å². The number of halogens is 1. The van der Waals surface area contributed by atoms with Crippen molar-refractivity contribution >= 4 is 23.4 Å². The van der Waals surface area contributed by atoms with Gasteiger partial charge >= 0.3 is 0 Å². The summed E-state index contributed by atoms with van der Waals surface area (Å²) in [4.78, 5) is 15.7. The fraction of sp³-hybridized carbons (Fsp3) is 0.400. The first-order valence-electron chi connectivity index (χ1n) is 7.16. The van der Waals surface area contributed by atoms with Gasteiger partial charge in [0, 0.05) is 30.0 Å². The van der Waals surface area contributed by atoms with Crippen LogP contribution in [0, 0.1) is 6.92 Å². The Morgan fingerprint density at radius 3 is 2.81 bits per heavy atom. The molecule has 0 bridgehead atoms. The van der Waals surface area contributed by atoms with Gasteiger partial charge in [-0.05, 0) is 38.0 Å². The molecule has 1 aliphatic heterocycles. The van der Waals surface area contributed by atoms with Crippen LogP contribution in [0.4, 0.5) is 11.8 Å². The SMILES string of the molecule is Cc1cc(CNc2cc(Cl)ccn2)nc(N2CCCC2)n1. The van der Waals surface area contributed by atoms with Crippen molar-refractivity contribution in [1.82, 2.24) is 15.0 Å². The maximum atomic E-state index is 5.95. The first kappa shape index (κ1) is 14.1. The molecule has 1 N–H and O–H groups in total. The summed E-state index contributed by atoms with van der Waals surface area (Å²) in [6.07, 6.45) is 4.13. The molecule has 0 amide bonds. The third kappa shape index (κ3) is 3.61. The van der Waals surface area contributed by atoms with Gasteiger partial charge in [0.1, 0.15) is 5.82 Å². The van der Waals surface area contributed by atoms with Gasteiger partial charge < -0.3 is 10.2 Å². The summed E-state index contributed by atoms with van der Waals surface area (Å²) in [7, 11) is 0. The van der Waals surface area contributed by atoms with E-state index in [-0.39, 0.29) is 0 Å². The Bertz CT molecular complexity index is 625. The van der Waals surface area contributed by atoms with Crippen LogP contribution in [0.15, 0.2) is 24.4 Å². The van der Waals surface area contributed by atoms with Crippen LogP contribution in [0.5, 0.6) is 0 Å². The molecule has 2 aromatic rings. The van der Waals surface area contributed by atoms with Crippen molar-refractivity contribution in [3.63, 3.8) is 0 Å². The Morgan fingerprint density at radius 1 is 1.24 bits per heavy atom. The molecule has 110 valence electrons. The van der Waals surface area contributed by atoms with Gasteiger partial charge in [-0.15, -0.1) is 0 Å². The molecule has 1 saturated heterocycles. The lowest BCUT2D eigenvalue weighted by molar-refractivity contribution is 0.865. The normalized spacial score (nSPS) is 14.5. The predicted molar refractivity (Wildman–Crippen MR) is 84.8 cm³/mol. The van der Waals surface area contributed by atoms with Crippen molar-refractivity contribution in [1.29, 1.82) is 0 Å². The smallest absolute Gasteiger partial charge is 0.225 e.